The Morgan fingerprint density at radius 2 is 2.33 bits per heavy atom. The Morgan fingerprint density at radius 3 is 3.00 bits per heavy atom. The summed E-state index contributed by atoms with van der Waals surface area (Å²) in [5.74, 6) is 2.33. The third-order valence-corrected chi connectivity index (χ3v) is 2.71. The van der Waals surface area contributed by atoms with Crippen LogP contribution < -0.4 is 10.1 Å². The summed E-state index contributed by atoms with van der Waals surface area (Å²) in [6.07, 6.45) is 4.03. The van der Waals surface area contributed by atoms with Gasteiger partial charge in [0.2, 0.25) is 5.88 Å². The van der Waals surface area contributed by atoms with Crippen molar-refractivity contribution >= 4 is 5.82 Å². The van der Waals surface area contributed by atoms with Gasteiger partial charge in [-0.1, -0.05) is 13.3 Å². The molecule has 0 aromatic carbocycles. The summed E-state index contributed by atoms with van der Waals surface area (Å²) in [5.41, 5.74) is 0. The molecule has 4 nitrogen and oxygen atoms in total. The van der Waals surface area contributed by atoms with Crippen LogP contribution in [0.25, 0.3) is 0 Å². The van der Waals surface area contributed by atoms with Crippen LogP contribution in [0.3, 0.4) is 0 Å². The molecule has 0 spiro atoms. The average Bonchev–Trinajstić information content (AvgIpc) is 2.97. The van der Waals surface area contributed by atoms with Gasteiger partial charge in [0.05, 0.1) is 6.61 Å². The first-order valence-corrected chi connectivity index (χ1v) is 5.54. The Morgan fingerprint density at radius 1 is 1.47 bits per heavy atom. The van der Waals surface area contributed by atoms with Gasteiger partial charge in [-0.2, -0.15) is 0 Å². The Hall–Kier alpha value is -1.32. The van der Waals surface area contributed by atoms with E-state index in [4.69, 9.17) is 4.74 Å². The highest BCUT2D eigenvalue weighted by Crippen LogP contribution is 2.35. The first-order valence-electron chi connectivity index (χ1n) is 5.54. The van der Waals surface area contributed by atoms with Crippen molar-refractivity contribution in [3.05, 3.63) is 12.4 Å². The lowest BCUT2D eigenvalue weighted by Crippen LogP contribution is -2.06. The van der Waals surface area contributed by atoms with Crippen LogP contribution in [0.2, 0.25) is 0 Å². The smallest absolute Gasteiger partial charge is 0.218 e. The maximum atomic E-state index is 5.31. The van der Waals surface area contributed by atoms with Gasteiger partial charge in [-0.25, -0.2) is 9.97 Å². The molecule has 1 heterocycles. The highest BCUT2D eigenvalue weighted by atomic mass is 16.5. The molecule has 1 aromatic rings. The lowest BCUT2D eigenvalue weighted by atomic mass is 10.3. The van der Waals surface area contributed by atoms with Crippen molar-refractivity contribution < 1.29 is 4.74 Å². The van der Waals surface area contributed by atoms with Gasteiger partial charge in [-0.05, 0) is 19.3 Å². The Kier molecular flexibility index (Phi) is 3.04. The normalized spacial score (nSPS) is 23.6. The molecule has 4 heteroatoms. The second kappa shape index (κ2) is 4.47. The quantitative estimate of drug-likeness (QED) is 0.803. The van der Waals surface area contributed by atoms with Crippen molar-refractivity contribution in [1.29, 1.82) is 0 Å². The van der Waals surface area contributed by atoms with Gasteiger partial charge in [-0.15, -0.1) is 0 Å². The van der Waals surface area contributed by atoms with Crippen molar-refractivity contribution in [2.45, 2.75) is 32.7 Å². The maximum absolute atomic E-state index is 5.31. The van der Waals surface area contributed by atoms with Gasteiger partial charge in [0.25, 0.3) is 0 Å². The van der Waals surface area contributed by atoms with Crippen molar-refractivity contribution in [3.63, 3.8) is 0 Å². The molecule has 2 rings (SSSR count). The van der Waals surface area contributed by atoms with Gasteiger partial charge >= 0.3 is 0 Å². The molecular weight excluding hydrogens is 190 g/mol. The number of ether oxygens (including phenoxy) is 1. The summed E-state index contributed by atoms with van der Waals surface area (Å²) in [6, 6.07) is 2.45. The fourth-order valence-electron chi connectivity index (χ4n) is 1.71. The summed E-state index contributed by atoms with van der Waals surface area (Å²) in [5, 5.41) is 3.38. The number of nitrogens with one attached hydrogen (secondary N) is 1. The molecule has 2 unspecified atom stereocenters. The number of hydrogen-bond acceptors (Lipinski definition) is 4. The van der Waals surface area contributed by atoms with E-state index >= 15 is 0 Å². The number of aromatic nitrogens is 2. The molecule has 1 aliphatic carbocycles. The van der Waals surface area contributed by atoms with Crippen LogP contribution in [-0.2, 0) is 0 Å². The molecule has 1 saturated carbocycles. The minimum atomic E-state index is 0.597. The van der Waals surface area contributed by atoms with E-state index in [9.17, 15) is 0 Å². The summed E-state index contributed by atoms with van der Waals surface area (Å²) in [6.45, 7) is 4.80. The van der Waals surface area contributed by atoms with Gasteiger partial charge in [0, 0.05) is 12.1 Å². The number of nitrogens with zero attached hydrogens (tertiary/aromatic N) is 2. The minimum absolute atomic E-state index is 0.597. The van der Waals surface area contributed by atoms with E-state index in [-0.39, 0.29) is 0 Å². The predicted octanol–water partition coefficient (Wildman–Crippen LogP) is 2.09. The second-order valence-corrected chi connectivity index (χ2v) is 3.83. The molecule has 0 amide bonds. The zero-order valence-corrected chi connectivity index (χ0v) is 9.23. The summed E-state index contributed by atoms with van der Waals surface area (Å²) < 4.78 is 5.31. The Bertz CT molecular complexity index is 329. The van der Waals surface area contributed by atoms with E-state index < -0.39 is 0 Å². The van der Waals surface area contributed by atoms with E-state index in [0.29, 0.717) is 18.5 Å². The molecule has 0 saturated heterocycles. The van der Waals surface area contributed by atoms with E-state index in [1.165, 1.54) is 19.2 Å². The van der Waals surface area contributed by atoms with Crippen LogP contribution in [-0.4, -0.2) is 22.6 Å². The first-order chi connectivity index (χ1) is 7.33. The van der Waals surface area contributed by atoms with Gasteiger partial charge < -0.3 is 10.1 Å². The average molecular weight is 207 g/mol. The van der Waals surface area contributed by atoms with E-state index in [2.05, 4.69) is 22.2 Å². The highest BCUT2D eigenvalue weighted by molar-refractivity contribution is 5.39. The summed E-state index contributed by atoms with van der Waals surface area (Å²) in [4.78, 5) is 8.19. The summed E-state index contributed by atoms with van der Waals surface area (Å²) >= 11 is 0. The van der Waals surface area contributed by atoms with Crippen molar-refractivity contribution in [3.8, 4) is 5.88 Å². The zero-order valence-electron chi connectivity index (χ0n) is 9.23. The van der Waals surface area contributed by atoms with Crippen LogP contribution in [0.15, 0.2) is 12.4 Å². The molecule has 1 fully saturated rings. The third-order valence-electron chi connectivity index (χ3n) is 2.71. The molecule has 1 aromatic heterocycles. The van der Waals surface area contributed by atoms with Gasteiger partial charge in [0.1, 0.15) is 12.1 Å². The fraction of sp³-hybridized carbons (Fsp3) is 0.636. The van der Waals surface area contributed by atoms with Crippen LogP contribution in [0, 0.1) is 5.92 Å². The Balaban J connectivity index is 1.93. The van der Waals surface area contributed by atoms with E-state index in [1.807, 2.05) is 13.0 Å². The monoisotopic (exact) mass is 207 g/mol. The van der Waals surface area contributed by atoms with Crippen molar-refractivity contribution in [1.82, 2.24) is 9.97 Å². The van der Waals surface area contributed by atoms with Crippen LogP contribution in [0.1, 0.15) is 26.7 Å². The van der Waals surface area contributed by atoms with E-state index in [1.54, 1.807) is 0 Å². The lowest BCUT2D eigenvalue weighted by molar-refractivity contribution is 0.326. The summed E-state index contributed by atoms with van der Waals surface area (Å²) in [7, 11) is 0. The molecule has 15 heavy (non-hydrogen) atoms. The van der Waals surface area contributed by atoms with Crippen molar-refractivity contribution in [2.75, 3.05) is 11.9 Å². The highest BCUT2D eigenvalue weighted by Gasteiger charge is 2.35. The zero-order chi connectivity index (χ0) is 10.7. The molecular formula is C11H17N3O. The number of hydrogen-bond donors (Lipinski definition) is 1. The molecule has 1 aliphatic rings. The fourth-order valence-corrected chi connectivity index (χ4v) is 1.71. The molecule has 82 valence electrons. The first kappa shape index (κ1) is 10.2. The molecule has 2 atom stereocenters. The molecule has 1 N–H and O–H groups in total. The van der Waals surface area contributed by atoms with Crippen LogP contribution in [0.5, 0.6) is 5.88 Å². The van der Waals surface area contributed by atoms with Gasteiger partial charge in [0.15, 0.2) is 0 Å². The largest absolute Gasteiger partial charge is 0.478 e. The molecule has 0 bridgehead atoms. The van der Waals surface area contributed by atoms with Gasteiger partial charge in [-0.3, -0.25) is 0 Å². The maximum Gasteiger partial charge on any atom is 0.218 e. The van der Waals surface area contributed by atoms with Crippen molar-refractivity contribution in [2.24, 2.45) is 5.92 Å². The van der Waals surface area contributed by atoms with E-state index in [0.717, 1.165) is 11.7 Å². The minimum Gasteiger partial charge on any atom is -0.478 e. The lowest BCUT2D eigenvalue weighted by Gasteiger charge is -2.06. The number of rotatable bonds is 5. The second-order valence-electron chi connectivity index (χ2n) is 3.83. The SMILES string of the molecule is CCOc1cc(NC2CC2CC)ncn1. The Labute approximate surface area is 90.1 Å². The molecule has 0 aliphatic heterocycles. The van der Waals surface area contributed by atoms with Crippen LogP contribution in [0.4, 0.5) is 5.82 Å². The third kappa shape index (κ3) is 2.58. The standard InChI is InChI=1S/C11H17N3O/c1-3-8-5-9(8)14-10-6-11(15-4-2)13-7-12-10/h6-9H,3-5H2,1-2H3,(H,12,13,14). The predicted molar refractivity (Wildman–Crippen MR) is 59.0 cm³/mol. The van der Waals surface area contributed by atoms with Crippen LogP contribution >= 0.6 is 0 Å². The molecule has 0 radical (unpaired) electrons. The topological polar surface area (TPSA) is 47.0 Å². The number of anilines is 1.